The maximum absolute atomic E-state index is 13.0. The Morgan fingerprint density at radius 2 is 0.729 bits per heavy atom. The number of carbonyl (C=O) groups excluding carboxylic acids is 5. The number of aromatic nitrogens is 5. The van der Waals surface area contributed by atoms with Crippen LogP contribution in [0.5, 0.6) is 17.2 Å². The number of hydrogen-bond donors (Lipinski definition) is 1. The summed E-state index contributed by atoms with van der Waals surface area (Å²) in [4.78, 5) is 94.0. The Bertz CT molecular complexity index is 5200. The summed E-state index contributed by atoms with van der Waals surface area (Å²) in [6.07, 6.45) is 4.46. The van der Waals surface area contributed by atoms with Gasteiger partial charge in [0.15, 0.2) is 0 Å². The molecule has 7 heterocycles. The van der Waals surface area contributed by atoms with Crippen LogP contribution in [0, 0.1) is 20.8 Å². The average Bonchev–Trinajstić information content (AvgIpc) is 0.802. The van der Waals surface area contributed by atoms with Crippen molar-refractivity contribution in [3.63, 3.8) is 0 Å². The molecule has 2 aliphatic heterocycles. The fourth-order valence-corrected chi connectivity index (χ4v) is 3790. The van der Waals surface area contributed by atoms with Crippen LogP contribution in [-0.2, 0) is 84.0 Å². The molecule has 2 aliphatic rings. The number of carbonyl (C=O) groups is 5. The van der Waals surface area contributed by atoms with Gasteiger partial charge in [-0.15, -0.1) is 0 Å². The van der Waals surface area contributed by atoms with Crippen LogP contribution in [0.4, 0.5) is 0 Å². The number of methoxy groups -OCH3 is 6. The topological polar surface area (TPSA) is 274 Å². The molecular formula is C78H92Br2I24N10O14S. The first-order chi connectivity index (χ1) is 61.0. The monoisotopic (exact) mass is 4630 g/mol. The van der Waals surface area contributed by atoms with Gasteiger partial charge >= 0.3 is 347 Å². The number of ether oxygens (including phenoxy) is 6. The number of nitrogens with one attached hydrogen (secondary N) is 1. The van der Waals surface area contributed by atoms with Crippen LogP contribution >= 0.6 is 361 Å². The third-order valence-corrected chi connectivity index (χ3v) is 1670. The second kappa shape index (κ2) is 65.1. The molecule has 8 aromatic rings. The SMILES string of the molecule is CC(=O)CN1CCCCCNCc2cc(Br)cc(n2)C1.COC(=O)c1cc(-c2ccc(OC)cc2C)cc(CN2CCN(CC(C)=O)Cc3cc(Br)cc(n3)CN(Cc3cc(-c4ccc(OC)cc4C)cc(C(=O)OC)n3)CC2)n1.COC(=O)c1cc(-c2ccc(OC)cc2C)cc(COS(C)(=O)=O)n1.II(I)I(I)I(I)I(I)I(I)I(I)I(I)I(I)I(I)I(I)I(I)I. The summed E-state index contributed by atoms with van der Waals surface area (Å²) < 4.78 is 60.2. The van der Waals surface area contributed by atoms with Crippen molar-refractivity contribution < 1.29 is 65.0 Å². The molecule has 0 atom stereocenters. The average molecular weight is 4630 g/mol. The summed E-state index contributed by atoms with van der Waals surface area (Å²) in [7, 11) is 0.419. The van der Waals surface area contributed by atoms with Crippen molar-refractivity contribution in [1.29, 1.82) is 0 Å². The molecule has 0 unspecified atom stereocenters. The van der Waals surface area contributed by atoms with Gasteiger partial charge in [0.2, 0.25) is 0 Å². The van der Waals surface area contributed by atoms with E-state index in [0.29, 0.717) is 87.3 Å². The van der Waals surface area contributed by atoms with Crippen molar-refractivity contribution in [3.05, 3.63) is 198 Å². The molecule has 3 aromatic carbocycles. The normalized spacial score (nSPS) is 14.9. The summed E-state index contributed by atoms with van der Waals surface area (Å²) in [5, 5.41) is 3.43. The third-order valence-electron chi connectivity index (χ3n) is 18.0. The van der Waals surface area contributed by atoms with E-state index >= 15 is 0 Å². The molecule has 0 radical (unpaired) electrons. The zero-order valence-electron chi connectivity index (χ0n) is 70.7. The van der Waals surface area contributed by atoms with E-state index in [1.54, 1.807) is 65.5 Å². The Labute approximate surface area is 940 Å². The number of fused-ring (bicyclic) bond motifs is 4. The number of ketones is 2. The van der Waals surface area contributed by atoms with Crippen LogP contribution in [0.25, 0.3) is 33.4 Å². The second-order valence-electron chi connectivity index (χ2n) is 27.5. The van der Waals surface area contributed by atoms with Crippen molar-refractivity contribution >= 4 is 400 Å². The van der Waals surface area contributed by atoms with Gasteiger partial charge in [0.25, 0.3) is 10.1 Å². The predicted molar refractivity (Wildman–Crippen MR) is 744 cm³/mol. The fraction of sp³-hybridized carbons (Fsp3) is 0.385. The van der Waals surface area contributed by atoms with E-state index in [4.69, 9.17) is 47.6 Å². The van der Waals surface area contributed by atoms with Crippen LogP contribution in [0.15, 0.2) is 124 Å². The van der Waals surface area contributed by atoms with Gasteiger partial charge < -0.3 is 33.7 Å². The molecule has 0 saturated heterocycles. The quantitative estimate of drug-likeness (QED) is 0.0190. The number of esters is 3. The minimum absolute atomic E-state index is 0.0628. The van der Waals surface area contributed by atoms with Gasteiger partial charge in [-0.25, -0.2) is 29.3 Å². The number of aryl methyl sites for hydroxylation is 3. The van der Waals surface area contributed by atoms with Gasteiger partial charge in [0.1, 0.15) is 52.5 Å². The van der Waals surface area contributed by atoms with Crippen molar-refractivity contribution in [1.82, 2.24) is 49.8 Å². The molecular weight excluding hydrogens is 4540 g/mol. The van der Waals surface area contributed by atoms with E-state index in [0.717, 1.165) is 127 Å². The molecule has 5 aromatic heterocycles. The van der Waals surface area contributed by atoms with Gasteiger partial charge in [-0.3, -0.25) is 43.3 Å². The zero-order valence-corrected chi connectivity index (χ0v) is 126. The third kappa shape index (κ3) is 43.9. The predicted octanol–water partition coefficient (Wildman–Crippen LogP) is 33.2. The standard InChI is InChI=1S/C46H51BrN6O7.C17H19NO6S.C15H22BrN3O.I24/c1-29-16-39(57-4)8-10-41(29)32-18-35(49-43(20-32)45(55)59-6)25-51-12-14-52(24-31(3)54)27-37-22-34(47)23-38(48-37)28-53(15-13-51)26-36-19-33(21-44(50-36)46(56)60-7)42-11-9-40(58-5)17-30(42)2;1-11-7-14(22-2)5-6-15(11)12-8-13(10-24-25(4,20)21)18-16(9-12)17(19)23-3;1-12(20)10-19-6-4-2-3-5-17-9-14-7-13(16)8-15(11-19)18-14;1-14(2)16(5)18(7)20(9)22(11)24(13)23(12)21(10)19(8)17(6)15(3)4/h8-11,16-23H,12-15,24-28H2,1-7H3;5-9H,10H2,1-4H3;7-8,17H,2-6,9-11H2,1H3;. The van der Waals surface area contributed by atoms with Crippen molar-refractivity contribution in [2.24, 2.45) is 0 Å². The van der Waals surface area contributed by atoms with Gasteiger partial charge in [-0.1, -0.05) is 56.5 Å². The van der Waals surface area contributed by atoms with E-state index in [-0.39, 0.29) is 41.8 Å². The molecule has 24 nitrogen and oxygen atoms in total. The number of Topliss-reactive ketones (excluding diaryl/α,β-unsaturated/α-hetero) is 2. The number of benzene rings is 3. The molecule has 0 saturated carbocycles. The van der Waals surface area contributed by atoms with E-state index in [1.165, 1.54) is 34.2 Å². The first-order valence-electron chi connectivity index (χ1n) is 37.5. The van der Waals surface area contributed by atoms with Gasteiger partial charge in [-0.05, 0) is 208 Å². The molecule has 726 valence electrons. The molecule has 1 N–H and O–H groups in total. The van der Waals surface area contributed by atoms with E-state index in [2.05, 4.69) is 315 Å². The van der Waals surface area contributed by atoms with Crippen molar-refractivity contribution in [2.75, 3.05) is 101 Å². The fourth-order valence-electron chi connectivity index (χ4n) is 12.6. The van der Waals surface area contributed by atoms with Crippen LogP contribution < -0.4 is 19.5 Å². The van der Waals surface area contributed by atoms with Crippen molar-refractivity contribution in [3.8, 4) is 50.6 Å². The summed E-state index contributed by atoms with van der Waals surface area (Å²) in [6.45, 7) is 17.3. The first kappa shape index (κ1) is 125. The van der Waals surface area contributed by atoms with Gasteiger partial charge in [-0.2, -0.15) is 8.42 Å². The van der Waals surface area contributed by atoms with E-state index in [9.17, 15) is 32.4 Å². The molecule has 0 spiro atoms. The number of hydrogen-bond acceptors (Lipinski definition) is 24. The van der Waals surface area contributed by atoms with Crippen molar-refractivity contribution in [2.45, 2.75) is 99.8 Å². The van der Waals surface area contributed by atoms with Gasteiger partial charge in [0, 0.05) is 74.4 Å². The summed E-state index contributed by atoms with van der Waals surface area (Å²) >= 11 is 47.3. The molecule has 4 bridgehead atoms. The Balaban J connectivity index is 0.000000271. The molecule has 51 heteroatoms. The Morgan fingerprint density at radius 1 is 0.403 bits per heavy atom. The van der Waals surface area contributed by atoms with E-state index < -0.39 is 115 Å². The summed E-state index contributed by atoms with van der Waals surface area (Å²) in [5.41, 5.74) is 14.0. The molecule has 129 heavy (non-hydrogen) atoms. The second-order valence-corrected chi connectivity index (χ2v) is 567. The van der Waals surface area contributed by atoms with Gasteiger partial charge in [0.05, 0.1) is 102 Å². The Kier molecular flexibility index (Phi) is 62.9. The Morgan fingerprint density at radius 3 is 1.09 bits per heavy atom. The summed E-state index contributed by atoms with van der Waals surface area (Å²) in [6, 6.07) is 36.1. The molecule has 0 fully saturated rings. The van der Waals surface area contributed by atoms with Crippen LogP contribution in [0.1, 0.15) is 121 Å². The minimum atomic E-state index is -3.63. The molecule has 10 rings (SSSR count). The zero-order chi connectivity index (χ0) is 95.3. The maximum atomic E-state index is 13.0. The van der Waals surface area contributed by atoms with E-state index in [1.807, 2.05) is 99.6 Å². The Hall–Kier alpha value is 8.75. The number of pyridine rings is 5. The number of nitrogens with zero attached hydrogens (tertiary/aromatic N) is 9. The number of rotatable bonds is 30. The molecule has 0 amide bonds. The summed E-state index contributed by atoms with van der Waals surface area (Å²) in [5.74, 6) is 0.809. The number of halogens is 26. The first-order valence-corrected chi connectivity index (χ1v) is 185. The van der Waals surface area contributed by atoms with Crippen LogP contribution in [-0.4, -0.2) is 184 Å². The van der Waals surface area contributed by atoms with Crippen LogP contribution in [0.3, 0.4) is 0 Å². The van der Waals surface area contributed by atoms with Crippen LogP contribution in [0.2, 0.25) is 0 Å². The molecule has 0 aliphatic carbocycles.